The van der Waals surface area contributed by atoms with Gasteiger partial charge in [-0.2, -0.15) is 8.78 Å². The second kappa shape index (κ2) is 5.18. The largest absolute Gasteiger partial charge is 0.381 e. The van der Waals surface area contributed by atoms with Crippen LogP contribution in [-0.4, -0.2) is 43.6 Å². The van der Waals surface area contributed by atoms with E-state index in [1.807, 2.05) is 0 Å². The van der Waals surface area contributed by atoms with Gasteiger partial charge in [0.25, 0.3) is 0 Å². The fraction of sp³-hybridized carbons (Fsp3) is 0.889. The molecule has 0 atom stereocenters. The molecule has 0 bridgehead atoms. The van der Waals surface area contributed by atoms with Gasteiger partial charge in [0, 0.05) is 13.2 Å². The van der Waals surface area contributed by atoms with Crippen molar-refractivity contribution in [3.05, 3.63) is 0 Å². The summed E-state index contributed by atoms with van der Waals surface area (Å²) in [5.41, 5.74) is 4.37. The van der Waals surface area contributed by atoms with Crippen LogP contribution in [0.1, 0.15) is 12.8 Å². The SMILES string of the molecule is NC1(C(=O)NCC(F)(F)C(F)F)CCOCC1. The highest BCUT2D eigenvalue weighted by atomic mass is 19.3. The molecule has 0 unspecified atom stereocenters. The van der Waals surface area contributed by atoms with Gasteiger partial charge >= 0.3 is 12.3 Å². The maximum Gasteiger partial charge on any atom is 0.324 e. The zero-order chi connectivity index (χ0) is 13.1. The molecule has 4 nitrogen and oxygen atoms in total. The van der Waals surface area contributed by atoms with E-state index in [0.29, 0.717) is 0 Å². The van der Waals surface area contributed by atoms with Crippen molar-refractivity contribution in [2.24, 2.45) is 5.73 Å². The summed E-state index contributed by atoms with van der Waals surface area (Å²) < 4.78 is 53.8. The molecule has 1 fully saturated rings. The van der Waals surface area contributed by atoms with E-state index in [1.165, 1.54) is 0 Å². The molecule has 8 heteroatoms. The van der Waals surface area contributed by atoms with Crippen LogP contribution in [0.2, 0.25) is 0 Å². The normalized spacial score (nSPS) is 20.4. The molecule has 0 aromatic heterocycles. The highest BCUT2D eigenvalue weighted by molar-refractivity contribution is 5.86. The Labute approximate surface area is 95.5 Å². The number of alkyl halides is 4. The average Bonchev–Trinajstić information content (AvgIpc) is 2.26. The summed E-state index contributed by atoms with van der Waals surface area (Å²) in [4.78, 5) is 11.5. The molecule has 0 aliphatic carbocycles. The Morgan fingerprint density at radius 2 is 1.94 bits per heavy atom. The molecule has 0 radical (unpaired) electrons. The van der Waals surface area contributed by atoms with Crippen molar-refractivity contribution in [2.75, 3.05) is 19.8 Å². The van der Waals surface area contributed by atoms with E-state index in [1.54, 1.807) is 5.32 Å². The molecule has 0 aromatic rings. The fourth-order valence-electron chi connectivity index (χ4n) is 1.41. The zero-order valence-corrected chi connectivity index (χ0v) is 9.02. The number of carbonyl (C=O) groups excluding carboxylic acids is 1. The lowest BCUT2D eigenvalue weighted by atomic mass is 9.90. The lowest BCUT2D eigenvalue weighted by Crippen LogP contribution is -2.58. The molecule has 1 rings (SSSR count). The van der Waals surface area contributed by atoms with Crippen molar-refractivity contribution >= 4 is 5.91 Å². The van der Waals surface area contributed by atoms with Gasteiger partial charge in [-0.05, 0) is 12.8 Å². The van der Waals surface area contributed by atoms with Crippen LogP contribution >= 0.6 is 0 Å². The van der Waals surface area contributed by atoms with E-state index in [9.17, 15) is 22.4 Å². The minimum Gasteiger partial charge on any atom is -0.381 e. The summed E-state index contributed by atoms with van der Waals surface area (Å²) in [5, 5.41) is 1.76. The highest BCUT2D eigenvalue weighted by Crippen LogP contribution is 2.23. The van der Waals surface area contributed by atoms with Gasteiger partial charge in [0.15, 0.2) is 0 Å². The van der Waals surface area contributed by atoms with Gasteiger partial charge < -0.3 is 15.8 Å². The summed E-state index contributed by atoms with van der Waals surface area (Å²) >= 11 is 0. The van der Waals surface area contributed by atoms with Crippen LogP contribution in [0.25, 0.3) is 0 Å². The van der Waals surface area contributed by atoms with E-state index in [4.69, 9.17) is 10.5 Å². The van der Waals surface area contributed by atoms with Crippen molar-refractivity contribution < 1.29 is 27.1 Å². The minimum atomic E-state index is -4.24. The van der Waals surface area contributed by atoms with Crippen molar-refractivity contribution in [3.8, 4) is 0 Å². The Kier molecular flexibility index (Phi) is 4.31. The van der Waals surface area contributed by atoms with Crippen LogP contribution in [0.15, 0.2) is 0 Å². The van der Waals surface area contributed by atoms with Crippen LogP contribution in [0.5, 0.6) is 0 Å². The van der Waals surface area contributed by atoms with Gasteiger partial charge in [0.2, 0.25) is 5.91 Å². The van der Waals surface area contributed by atoms with Gasteiger partial charge in [-0.25, -0.2) is 8.78 Å². The Morgan fingerprint density at radius 1 is 1.41 bits per heavy atom. The highest BCUT2D eigenvalue weighted by Gasteiger charge is 2.43. The quantitative estimate of drug-likeness (QED) is 0.722. The molecule has 1 aliphatic heterocycles. The molecule has 1 amide bonds. The summed E-state index contributed by atoms with van der Waals surface area (Å²) in [7, 11) is 0. The number of rotatable bonds is 4. The summed E-state index contributed by atoms with van der Waals surface area (Å²) in [5.74, 6) is -5.09. The molecule has 17 heavy (non-hydrogen) atoms. The summed E-state index contributed by atoms with van der Waals surface area (Å²) in [6, 6.07) is 0. The summed E-state index contributed by atoms with van der Waals surface area (Å²) in [6.45, 7) is -0.923. The number of nitrogens with two attached hydrogens (primary N) is 1. The number of nitrogens with one attached hydrogen (secondary N) is 1. The number of hydrogen-bond donors (Lipinski definition) is 2. The second-order valence-corrected chi connectivity index (χ2v) is 4.01. The standard InChI is InChI=1S/C9H14F4N2O2/c10-6(11)9(12,13)5-15-7(16)8(14)1-3-17-4-2-8/h6H,1-5,14H2,(H,15,16). The molecule has 1 heterocycles. The van der Waals surface area contributed by atoms with Crippen LogP contribution in [0.4, 0.5) is 17.6 Å². The topological polar surface area (TPSA) is 64.4 Å². The van der Waals surface area contributed by atoms with Crippen LogP contribution in [0, 0.1) is 0 Å². The molecule has 1 aliphatic rings. The Morgan fingerprint density at radius 3 is 2.41 bits per heavy atom. The molecule has 3 N–H and O–H groups in total. The summed E-state index contributed by atoms with van der Waals surface area (Å²) in [6.07, 6.45) is -3.45. The Bertz CT molecular complexity index is 280. The Hall–Kier alpha value is -0.890. The van der Waals surface area contributed by atoms with Gasteiger partial charge in [-0.15, -0.1) is 0 Å². The van der Waals surface area contributed by atoms with Gasteiger partial charge in [-0.3, -0.25) is 4.79 Å². The van der Waals surface area contributed by atoms with E-state index in [2.05, 4.69) is 0 Å². The first-order valence-corrected chi connectivity index (χ1v) is 5.09. The molecule has 100 valence electrons. The first-order chi connectivity index (χ1) is 7.78. The maximum atomic E-state index is 12.6. The first kappa shape index (κ1) is 14.2. The van der Waals surface area contributed by atoms with Crippen LogP contribution in [0.3, 0.4) is 0 Å². The molecule has 0 aromatic carbocycles. The number of ether oxygens (including phenoxy) is 1. The molecule has 1 saturated heterocycles. The molecule has 0 spiro atoms. The third-order valence-corrected chi connectivity index (χ3v) is 2.64. The number of amides is 1. The van der Waals surface area contributed by atoms with Gasteiger partial charge in [-0.1, -0.05) is 0 Å². The van der Waals surface area contributed by atoms with Crippen LogP contribution in [-0.2, 0) is 9.53 Å². The van der Waals surface area contributed by atoms with E-state index < -0.39 is 30.3 Å². The van der Waals surface area contributed by atoms with Crippen LogP contribution < -0.4 is 11.1 Å². The fourth-order valence-corrected chi connectivity index (χ4v) is 1.41. The maximum absolute atomic E-state index is 12.6. The van der Waals surface area contributed by atoms with Crippen molar-refractivity contribution in [1.29, 1.82) is 0 Å². The van der Waals surface area contributed by atoms with Crippen molar-refractivity contribution in [2.45, 2.75) is 30.7 Å². The van der Waals surface area contributed by atoms with Gasteiger partial charge in [0.1, 0.15) is 0 Å². The minimum absolute atomic E-state index is 0.180. The third-order valence-electron chi connectivity index (χ3n) is 2.64. The number of carbonyl (C=O) groups is 1. The molecular weight excluding hydrogens is 244 g/mol. The van der Waals surface area contributed by atoms with Crippen molar-refractivity contribution in [3.63, 3.8) is 0 Å². The molecule has 0 saturated carbocycles. The Balaban J connectivity index is 2.49. The smallest absolute Gasteiger partial charge is 0.324 e. The lowest BCUT2D eigenvalue weighted by Gasteiger charge is -2.32. The van der Waals surface area contributed by atoms with Crippen molar-refractivity contribution in [1.82, 2.24) is 5.32 Å². The molecular formula is C9H14F4N2O2. The average molecular weight is 258 g/mol. The van der Waals surface area contributed by atoms with E-state index >= 15 is 0 Å². The zero-order valence-electron chi connectivity index (χ0n) is 9.02. The predicted octanol–water partition coefficient (Wildman–Crippen LogP) is 0.511. The number of halogens is 4. The number of hydrogen-bond acceptors (Lipinski definition) is 3. The lowest BCUT2D eigenvalue weighted by molar-refractivity contribution is -0.141. The first-order valence-electron chi connectivity index (χ1n) is 5.09. The van der Waals surface area contributed by atoms with E-state index in [-0.39, 0.29) is 26.1 Å². The van der Waals surface area contributed by atoms with Gasteiger partial charge in [0.05, 0.1) is 12.1 Å². The second-order valence-electron chi connectivity index (χ2n) is 4.01. The predicted molar refractivity (Wildman–Crippen MR) is 50.9 cm³/mol. The third kappa shape index (κ3) is 3.53. The monoisotopic (exact) mass is 258 g/mol. The van der Waals surface area contributed by atoms with E-state index in [0.717, 1.165) is 0 Å².